The van der Waals surface area contributed by atoms with Crippen LogP contribution in [0, 0.1) is 0 Å². The summed E-state index contributed by atoms with van der Waals surface area (Å²) >= 11 is 5.37. The molecule has 1 aromatic heterocycles. The van der Waals surface area contributed by atoms with Crippen molar-refractivity contribution in [3.63, 3.8) is 0 Å². The molecule has 0 aromatic carbocycles. The van der Waals surface area contributed by atoms with Gasteiger partial charge in [-0.05, 0) is 11.6 Å². The van der Waals surface area contributed by atoms with Gasteiger partial charge in [0.15, 0.2) is 0 Å². The molecule has 92 valence electrons. The predicted molar refractivity (Wildman–Crippen MR) is 58.6 cm³/mol. The van der Waals surface area contributed by atoms with Crippen molar-refractivity contribution in [1.29, 1.82) is 0 Å². The lowest BCUT2D eigenvalue weighted by molar-refractivity contribution is -0.141. The van der Waals surface area contributed by atoms with Crippen molar-refractivity contribution >= 4 is 42.2 Å². The molecule has 0 atom stereocenters. The number of aromatic nitrogens is 1. The zero-order valence-electron chi connectivity index (χ0n) is 7.47. The Balaban J connectivity index is 0.000000487. The highest BCUT2D eigenvalue weighted by molar-refractivity contribution is 8.26. The van der Waals surface area contributed by atoms with Crippen LogP contribution in [0.3, 0.4) is 0 Å². The van der Waals surface area contributed by atoms with Crippen molar-refractivity contribution in [3.8, 4) is 0 Å². The molecule has 9 heteroatoms. The van der Waals surface area contributed by atoms with Crippen molar-refractivity contribution in [2.45, 2.75) is 12.1 Å². The second kappa shape index (κ2) is 7.32. The molecule has 0 N–H and O–H groups in total. The van der Waals surface area contributed by atoms with Crippen molar-refractivity contribution in [2.75, 3.05) is 0 Å². The number of hydrogen-bond acceptors (Lipinski definition) is 2. The normalized spacial score (nSPS) is 10.9. The minimum Gasteiger partial charge on any atom is -0.251 e. The van der Waals surface area contributed by atoms with E-state index in [-0.39, 0.29) is 5.88 Å². The van der Waals surface area contributed by atoms with Crippen LogP contribution < -0.4 is 0 Å². The maximum Gasteiger partial charge on any atom is 0.433 e. The van der Waals surface area contributed by atoms with Gasteiger partial charge >= 0.3 is 6.18 Å². The largest absolute Gasteiger partial charge is 0.433 e. The van der Waals surface area contributed by atoms with Crippen LogP contribution in [0.15, 0.2) is 18.3 Å². The molecular weight excluding hydrogens is 310 g/mol. The lowest BCUT2D eigenvalue weighted by Crippen LogP contribution is -2.07. The van der Waals surface area contributed by atoms with E-state index < -0.39 is 21.1 Å². The summed E-state index contributed by atoms with van der Waals surface area (Å²) in [7, 11) is 7.36. The number of hydrogen-bond donors (Lipinski definition) is 0. The van der Waals surface area contributed by atoms with Crippen LogP contribution in [-0.2, 0) is 21.3 Å². The summed E-state index contributed by atoms with van der Waals surface area (Å²) in [6, 6.07) is 2.22. The fourth-order valence-electron chi connectivity index (χ4n) is 0.671. The lowest BCUT2D eigenvalue weighted by Gasteiger charge is -2.04. The fourth-order valence-corrected chi connectivity index (χ4v) is 0.829. The van der Waals surface area contributed by atoms with Crippen LogP contribution in [0.2, 0.25) is 0 Å². The van der Waals surface area contributed by atoms with Gasteiger partial charge in [-0.15, -0.1) is 11.6 Å². The third kappa shape index (κ3) is 7.27. The van der Waals surface area contributed by atoms with Gasteiger partial charge in [0.1, 0.15) is 5.69 Å². The Morgan fingerprint density at radius 1 is 1.31 bits per heavy atom. The summed E-state index contributed by atoms with van der Waals surface area (Å²) in [5.41, 5.74) is -0.318. The van der Waals surface area contributed by atoms with Crippen molar-refractivity contribution in [1.82, 2.24) is 4.98 Å². The maximum absolute atomic E-state index is 11.9. The average molecular weight is 315 g/mol. The Morgan fingerprint density at radius 2 is 1.81 bits per heavy atom. The average Bonchev–Trinajstić information content (AvgIpc) is 2.16. The van der Waals surface area contributed by atoms with Crippen molar-refractivity contribution in [2.24, 2.45) is 0 Å². The van der Waals surface area contributed by atoms with Crippen LogP contribution in [0.5, 0.6) is 0 Å². The molecule has 1 aromatic rings. The monoisotopic (exact) mass is 313 g/mol. The van der Waals surface area contributed by atoms with Gasteiger partial charge in [-0.25, -0.2) is 4.21 Å². The number of nitrogens with zero attached hydrogens (tertiary/aromatic N) is 1. The molecule has 1 rings (SSSR count). The Kier molecular flexibility index (Phi) is 7.30. The van der Waals surface area contributed by atoms with E-state index in [1.54, 1.807) is 0 Å². The van der Waals surface area contributed by atoms with E-state index in [1.807, 2.05) is 0 Å². The molecule has 0 bridgehead atoms. The third-order valence-corrected chi connectivity index (χ3v) is 1.58. The van der Waals surface area contributed by atoms with E-state index >= 15 is 0 Å². The number of alkyl halides is 4. The van der Waals surface area contributed by atoms with E-state index in [9.17, 15) is 13.2 Å². The zero-order valence-corrected chi connectivity index (χ0v) is 10.6. The van der Waals surface area contributed by atoms with Crippen LogP contribution in [-0.4, -0.2) is 9.19 Å². The quantitative estimate of drug-likeness (QED) is 0.581. The molecule has 16 heavy (non-hydrogen) atoms. The highest BCUT2D eigenvalue weighted by Gasteiger charge is 2.31. The summed E-state index contributed by atoms with van der Waals surface area (Å²) in [6.45, 7) is 0. The summed E-state index contributed by atoms with van der Waals surface area (Å²) in [4.78, 5) is 3.21. The minimum absolute atomic E-state index is 0.172. The van der Waals surface area contributed by atoms with Gasteiger partial charge < -0.3 is 0 Å². The summed E-state index contributed by atoms with van der Waals surface area (Å²) in [5.74, 6) is 0.172. The first-order valence-electron chi connectivity index (χ1n) is 3.59. The van der Waals surface area contributed by atoms with E-state index in [0.717, 1.165) is 12.3 Å². The standard InChI is InChI=1S/C7H5ClF3N.Cl2OS/c8-3-5-1-2-6(12-4-5)7(9,10)11;1-4(2)3/h1-2,4H,3H2;. The number of rotatable bonds is 1. The third-order valence-electron chi connectivity index (χ3n) is 1.27. The molecule has 0 saturated carbocycles. The van der Waals surface area contributed by atoms with E-state index in [4.69, 9.17) is 15.8 Å². The van der Waals surface area contributed by atoms with Gasteiger partial charge in [-0.3, -0.25) is 4.98 Å². The van der Waals surface area contributed by atoms with Gasteiger partial charge in [-0.2, -0.15) is 13.2 Å². The number of halogens is 6. The molecule has 0 amide bonds. The lowest BCUT2D eigenvalue weighted by atomic mass is 10.3. The molecule has 0 unspecified atom stereocenters. The Labute approximate surface area is 106 Å². The molecule has 1 heterocycles. The van der Waals surface area contributed by atoms with Gasteiger partial charge in [0.25, 0.3) is 0 Å². The molecule has 0 radical (unpaired) electrons. The summed E-state index contributed by atoms with van der Waals surface area (Å²) < 4.78 is 44.9. The Bertz CT molecular complexity index is 340. The molecule has 0 saturated heterocycles. The highest BCUT2D eigenvalue weighted by atomic mass is 36.0. The second-order valence-corrected chi connectivity index (χ2v) is 5.16. The smallest absolute Gasteiger partial charge is 0.251 e. The van der Waals surface area contributed by atoms with E-state index in [1.165, 1.54) is 6.07 Å². The Morgan fingerprint density at radius 3 is 2.06 bits per heavy atom. The minimum atomic E-state index is -4.37. The Hall–Kier alpha value is -0.0400. The molecular formula is C7H5Cl3F3NOS. The molecule has 2 nitrogen and oxygen atoms in total. The van der Waals surface area contributed by atoms with E-state index in [2.05, 4.69) is 26.3 Å². The first-order chi connectivity index (χ1) is 7.27. The zero-order chi connectivity index (χ0) is 12.8. The summed E-state index contributed by atoms with van der Waals surface area (Å²) in [5, 5.41) is 0. The van der Waals surface area contributed by atoms with Crippen molar-refractivity contribution in [3.05, 3.63) is 29.6 Å². The first kappa shape index (κ1) is 16.0. The van der Waals surface area contributed by atoms with Gasteiger partial charge in [0.2, 0.25) is 9.23 Å². The second-order valence-electron chi connectivity index (χ2n) is 2.37. The van der Waals surface area contributed by atoms with Gasteiger partial charge in [0, 0.05) is 33.4 Å². The highest BCUT2D eigenvalue weighted by Crippen LogP contribution is 2.27. The maximum atomic E-state index is 11.9. The SMILES string of the molecule is FC(F)(F)c1ccc(CCl)cn1.O=S(Cl)Cl. The van der Waals surface area contributed by atoms with Gasteiger partial charge in [0.05, 0.1) is 0 Å². The van der Waals surface area contributed by atoms with Crippen LogP contribution >= 0.6 is 33.0 Å². The van der Waals surface area contributed by atoms with E-state index in [0.29, 0.717) is 5.56 Å². The predicted octanol–water partition coefficient (Wildman–Crippen LogP) is 3.88. The molecule has 0 aliphatic rings. The molecule has 0 fully saturated rings. The molecule has 0 aliphatic carbocycles. The topological polar surface area (TPSA) is 30.0 Å². The molecule has 0 spiro atoms. The summed E-state index contributed by atoms with van der Waals surface area (Å²) in [6.07, 6.45) is -3.25. The van der Waals surface area contributed by atoms with Crippen molar-refractivity contribution < 1.29 is 17.4 Å². The fraction of sp³-hybridized carbons (Fsp3) is 0.286. The van der Waals surface area contributed by atoms with Gasteiger partial charge in [-0.1, -0.05) is 6.07 Å². The van der Waals surface area contributed by atoms with Crippen LogP contribution in [0.4, 0.5) is 13.2 Å². The van der Waals surface area contributed by atoms with Crippen LogP contribution in [0.25, 0.3) is 0 Å². The van der Waals surface area contributed by atoms with Crippen LogP contribution in [0.1, 0.15) is 11.3 Å². The number of pyridine rings is 1. The molecule has 0 aliphatic heterocycles. The first-order valence-corrected chi connectivity index (χ1v) is 6.93.